The third-order valence-electron chi connectivity index (χ3n) is 5.57. The molecular weight excluding hydrogens is 424 g/mol. The maximum absolute atomic E-state index is 12.9. The van der Waals surface area contributed by atoms with E-state index >= 15 is 0 Å². The van der Waals surface area contributed by atoms with Gasteiger partial charge in [0.25, 0.3) is 0 Å². The SMILES string of the molecule is Cc1ccccc1-n1c(SC(C)C(=O)N2CCNC2=O)nnc1-c1c[nH]c2ccccc12. The van der Waals surface area contributed by atoms with E-state index in [4.69, 9.17) is 0 Å². The van der Waals surface area contributed by atoms with Crippen LogP contribution in [0.1, 0.15) is 12.5 Å². The van der Waals surface area contributed by atoms with Gasteiger partial charge in [-0.25, -0.2) is 4.79 Å². The molecule has 9 heteroatoms. The van der Waals surface area contributed by atoms with Crippen molar-refractivity contribution in [2.45, 2.75) is 24.3 Å². The minimum absolute atomic E-state index is 0.238. The van der Waals surface area contributed by atoms with Crippen LogP contribution in [0.25, 0.3) is 28.0 Å². The van der Waals surface area contributed by atoms with Gasteiger partial charge in [-0.2, -0.15) is 0 Å². The Balaban J connectivity index is 1.59. The van der Waals surface area contributed by atoms with Crippen LogP contribution in [0.2, 0.25) is 0 Å². The second kappa shape index (κ2) is 8.16. The molecule has 0 bridgehead atoms. The highest BCUT2D eigenvalue weighted by molar-refractivity contribution is 8.00. The van der Waals surface area contributed by atoms with Crippen LogP contribution in [-0.2, 0) is 4.79 Å². The maximum atomic E-state index is 12.9. The van der Waals surface area contributed by atoms with E-state index in [1.165, 1.54) is 16.7 Å². The highest BCUT2D eigenvalue weighted by Crippen LogP contribution is 2.34. The Hall–Kier alpha value is -3.59. The summed E-state index contributed by atoms with van der Waals surface area (Å²) in [6, 6.07) is 15.7. The third kappa shape index (κ3) is 3.44. The Morgan fingerprint density at radius 1 is 1.12 bits per heavy atom. The first kappa shape index (κ1) is 20.3. The average molecular weight is 447 g/mol. The largest absolute Gasteiger partial charge is 0.360 e. The number of aromatic nitrogens is 4. The fourth-order valence-corrected chi connectivity index (χ4v) is 4.84. The standard InChI is InChI=1S/C23H22N6O2S/c1-14-7-3-6-10-19(14)29-20(17-13-25-18-9-5-4-8-16(17)18)26-27-23(29)32-15(2)21(30)28-12-11-24-22(28)31/h3-10,13,15,25H,11-12H2,1-2H3,(H,24,31). The first-order chi connectivity index (χ1) is 15.5. The number of carbonyl (C=O) groups is 2. The summed E-state index contributed by atoms with van der Waals surface area (Å²) in [5.41, 5.74) is 3.95. The van der Waals surface area contributed by atoms with Crippen LogP contribution in [0, 0.1) is 6.92 Å². The predicted molar refractivity (Wildman–Crippen MR) is 124 cm³/mol. The molecule has 3 heterocycles. The van der Waals surface area contributed by atoms with Crippen molar-refractivity contribution in [1.29, 1.82) is 0 Å². The van der Waals surface area contributed by atoms with Gasteiger partial charge in [0.1, 0.15) is 0 Å². The maximum Gasteiger partial charge on any atom is 0.324 e. The van der Waals surface area contributed by atoms with Crippen molar-refractivity contribution in [2.24, 2.45) is 0 Å². The lowest BCUT2D eigenvalue weighted by atomic mass is 10.1. The van der Waals surface area contributed by atoms with Crippen molar-refractivity contribution in [3.8, 4) is 17.1 Å². The molecule has 3 amide bonds. The molecule has 1 saturated heterocycles. The van der Waals surface area contributed by atoms with Crippen LogP contribution in [0.3, 0.4) is 0 Å². The number of benzene rings is 2. The normalized spacial score (nSPS) is 14.7. The van der Waals surface area contributed by atoms with E-state index < -0.39 is 5.25 Å². The lowest BCUT2D eigenvalue weighted by Crippen LogP contribution is -2.39. The number of hydrogen-bond acceptors (Lipinski definition) is 5. The van der Waals surface area contributed by atoms with Crippen LogP contribution >= 0.6 is 11.8 Å². The molecule has 162 valence electrons. The molecule has 32 heavy (non-hydrogen) atoms. The topological polar surface area (TPSA) is 95.9 Å². The summed E-state index contributed by atoms with van der Waals surface area (Å²) in [6.45, 7) is 4.69. The molecule has 2 N–H and O–H groups in total. The van der Waals surface area contributed by atoms with E-state index in [0.717, 1.165) is 27.7 Å². The van der Waals surface area contributed by atoms with Crippen molar-refractivity contribution in [3.63, 3.8) is 0 Å². The molecular formula is C23H22N6O2S. The summed E-state index contributed by atoms with van der Waals surface area (Å²) >= 11 is 1.30. The van der Waals surface area contributed by atoms with Crippen LogP contribution in [0.5, 0.6) is 0 Å². The molecule has 4 aromatic rings. The number of aryl methyl sites for hydroxylation is 1. The smallest absolute Gasteiger partial charge is 0.324 e. The number of H-pyrrole nitrogens is 1. The molecule has 0 radical (unpaired) electrons. The average Bonchev–Trinajstić information content (AvgIpc) is 3.52. The van der Waals surface area contributed by atoms with E-state index in [1.54, 1.807) is 6.92 Å². The molecule has 1 aliphatic rings. The number of nitrogens with one attached hydrogen (secondary N) is 2. The monoisotopic (exact) mass is 446 g/mol. The van der Waals surface area contributed by atoms with Crippen molar-refractivity contribution in [3.05, 3.63) is 60.3 Å². The number of amides is 3. The number of thioether (sulfide) groups is 1. The molecule has 1 fully saturated rings. The minimum Gasteiger partial charge on any atom is -0.360 e. The second-order valence-corrected chi connectivity index (χ2v) is 8.97. The van der Waals surface area contributed by atoms with Gasteiger partial charge in [-0.3, -0.25) is 14.3 Å². The molecule has 1 aliphatic heterocycles. The quantitative estimate of drug-likeness (QED) is 0.455. The summed E-state index contributed by atoms with van der Waals surface area (Å²) in [6.07, 6.45) is 1.93. The van der Waals surface area contributed by atoms with Crippen molar-refractivity contribution >= 4 is 34.6 Å². The number of fused-ring (bicyclic) bond motifs is 1. The summed E-state index contributed by atoms with van der Waals surface area (Å²) in [4.78, 5) is 29.4. The number of para-hydroxylation sites is 2. The molecule has 5 rings (SSSR count). The Morgan fingerprint density at radius 2 is 1.91 bits per heavy atom. The second-order valence-electron chi connectivity index (χ2n) is 7.66. The van der Waals surface area contributed by atoms with Gasteiger partial charge in [-0.1, -0.05) is 48.2 Å². The zero-order valence-corrected chi connectivity index (χ0v) is 18.5. The zero-order chi connectivity index (χ0) is 22.2. The highest BCUT2D eigenvalue weighted by atomic mass is 32.2. The fraction of sp³-hybridized carbons (Fsp3) is 0.217. The number of imide groups is 1. The van der Waals surface area contributed by atoms with Gasteiger partial charge in [0, 0.05) is 35.8 Å². The lowest BCUT2D eigenvalue weighted by molar-refractivity contribution is -0.126. The summed E-state index contributed by atoms with van der Waals surface area (Å²) < 4.78 is 1.99. The van der Waals surface area contributed by atoms with Gasteiger partial charge >= 0.3 is 6.03 Å². The van der Waals surface area contributed by atoms with E-state index in [9.17, 15) is 9.59 Å². The molecule has 2 aromatic carbocycles. The molecule has 0 saturated carbocycles. The molecule has 8 nitrogen and oxygen atoms in total. The van der Waals surface area contributed by atoms with Crippen LogP contribution in [0.15, 0.2) is 59.9 Å². The molecule has 0 aliphatic carbocycles. The number of aromatic amines is 1. The Labute approximate surface area is 189 Å². The van der Waals surface area contributed by atoms with Gasteiger partial charge in [-0.15, -0.1) is 10.2 Å². The first-order valence-corrected chi connectivity index (χ1v) is 11.3. The zero-order valence-electron chi connectivity index (χ0n) is 17.7. The third-order valence-corrected chi connectivity index (χ3v) is 6.60. The number of rotatable bonds is 5. The number of carbonyl (C=O) groups excluding carboxylic acids is 2. The van der Waals surface area contributed by atoms with Gasteiger partial charge in [0.05, 0.1) is 10.9 Å². The first-order valence-electron chi connectivity index (χ1n) is 10.4. The molecule has 1 unspecified atom stereocenters. The van der Waals surface area contributed by atoms with Gasteiger partial charge in [0.2, 0.25) is 5.91 Å². The lowest BCUT2D eigenvalue weighted by Gasteiger charge is -2.18. The summed E-state index contributed by atoms with van der Waals surface area (Å²) in [5.74, 6) is 0.454. The van der Waals surface area contributed by atoms with Gasteiger partial charge in [-0.05, 0) is 31.5 Å². The van der Waals surface area contributed by atoms with E-state index in [-0.39, 0.29) is 11.9 Å². The van der Waals surface area contributed by atoms with E-state index in [0.29, 0.717) is 24.1 Å². The molecule has 0 spiro atoms. The summed E-state index contributed by atoms with van der Waals surface area (Å²) in [7, 11) is 0. The Bertz CT molecular complexity index is 1330. The Kier molecular flexibility index (Phi) is 5.18. The minimum atomic E-state index is -0.498. The summed E-state index contributed by atoms with van der Waals surface area (Å²) in [5, 5.41) is 12.8. The van der Waals surface area contributed by atoms with E-state index in [1.807, 2.05) is 66.2 Å². The van der Waals surface area contributed by atoms with Crippen molar-refractivity contribution in [1.82, 2.24) is 30.0 Å². The molecule has 1 atom stereocenters. The molecule has 2 aromatic heterocycles. The fourth-order valence-electron chi connectivity index (χ4n) is 3.92. The number of hydrogen-bond donors (Lipinski definition) is 2. The Morgan fingerprint density at radius 3 is 2.69 bits per heavy atom. The van der Waals surface area contributed by atoms with Crippen LogP contribution in [0.4, 0.5) is 4.79 Å². The van der Waals surface area contributed by atoms with Gasteiger partial charge < -0.3 is 10.3 Å². The van der Waals surface area contributed by atoms with E-state index in [2.05, 4.69) is 20.5 Å². The number of urea groups is 1. The predicted octanol–water partition coefficient (Wildman–Crippen LogP) is 3.76. The number of nitrogens with zero attached hydrogens (tertiary/aromatic N) is 4. The van der Waals surface area contributed by atoms with Crippen molar-refractivity contribution in [2.75, 3.05) is 13.1 Å². The van der Waals surface area contributed by atoms with Gasteiger partial charge in [0.15, 0.2) is 11.0 Å². The highest BCUT2D eigenvalue weighted by Gasteiger charge is 2.32. The van der Waals surface area contributed by atoms with Crippen LogP contribution in [-0.4, -0.2) is 54.9 Å². The van der Waals surface area contributed by atoms with Crippen molar-refractivity contribution < 1.29 is 9.59 Å². The van der Waals surface area contributed by atoms with Crippen LogP contribution < -0.4 is 5.32 Å².